The Morgan fingerprint density at radius 1 is 1.43 bits per heavy atom. The van der Waals surface area contributed by atoms with Crippen LogP contribution in [0.1, 0.15) is 25.0 Å². The van der Waals surface area contributed by atoms with Gasteiger partial charge in [-0.3, -0.25) is 0 Å². The molecule has 0 aliphatic heterocycles. The first-order chi connectivity index (χ1) is 9.75. The molecule has 4 nitrogen and oxygen atoms in total. The molecular weight excluding hydrogens is 338 g/mol. The molecule has 0 amide bonds. The topological polar surface area (TPSA) is 52.0 Å². The molecule has 0 aliphatic rings. The lowest BCUT2D eigenvalue weighted by molar-refractivity contribution is 0.589. The quantitative estimate of drug-likeness (QED) is 0.773. The average molecular weight is 353 g/mol. The molecule has 1 atom stereocenters. The third-order valence-corrected chi connectivity index (χ3v) is 5.41. The zero-order chi connectivity index (χ0) is 15.8. The predicted molar refractivity (Wildman–Crippen MR) is 83.3 cm³/mol. The Morgan fingerprint density at radius 3 is 2.67 bits per heavy atom. The van der Waals surface area contributed by atoms with Crippen LogP contribution in [0.5, 0.6) is 0 Å². The zero-order valence-electron chi connectivity index (χ0n) is 11.6. The molecule has 0 fully saturated rings. The molecule has 2 aromatic rings. The van der Waals surface area contributed by atoms with E-state index >= 15 is 0 Å². The lowest BCUT2D eigenvalue weighted by Crippen LogP contribution is -2.16. The van der Waals surface area contributed by atoms with Crippen molar-refractivity contribution in [2.75, 3.05) is 11.5 Å². The number of aryl methyl sites for hydroxylation is 1. The van der Waals surface area contributed by atoms with Gasteiger partial charge >= 0.3 is 0 Å². The van der Waals surface area contributed by atoms with Crippen LogP contribution in [0.2, 0.25) is 5.02 Å². The van der Waals surface area contributed by atoms with Crippen LogP contribution in [0.4, 0.5) is 4.39 Å². The minimum absolute atomic E-state index is 0.0272. The number of sulfone groups is 1. The molecule has 0 spiro atoms. The molecule has 116 valence electrons. The number of halogens is 3. The van der Waals surface area contributed by atoms with Gasteiger partial charge in [-0.2, -0.15) is 0 Å². The highest BCUT2D eigenvalue weighted by Gasteiger charge is 2.18. The normalized spacial score (nSPS) is 13.8. The van der Waals surface area contributed by atoms with Crippen LogP contribution < -0.4 is 0 Å². The molecule has 0 N–H and O–H groups in total. The van der Waals surface area contributed by atoms with Crippen molar-refractivity contribution in [3.8, 4) is 0 Å². The number of benzene rings is 1. The van der Waals surface area contributed by atoms with Gasteiger partial charge in [0.25, 0.3) is 0 Å². The number of nitrogens with zero attached hydrogens (tertiary/aromatic N) is 2. The molecule has 21 heavy (non-hydrogen) atoms. The van der Waals surface area contributed by atoms with Gasteiger partial charge < -0.3 is 4.57 Å². The van der Waals surface area contributed by atoms with Gasteiger partial charge in [-0.25, -0.2) is 17.8 Å². The molecule has 1 unspecified atom stereocenters. The lowest BCUT2D eigenvalue weighted by atomic mass is 10.3. The number of rotatable bonds is 5. The second-order valence-electron chi connectivity index (χ2n) is 4.73. The van der Waals surface area contributed by atoms with Crippen molar-refractivity contribution < 1.29 is 12.8 Å². The number of hydrogen-bond donors (Lipinski definition) is 0. The lowest BCUT2D eigenvalue weighted by Gasteiger charge is -2.10. The van der Waals surface area contributed by atoms with Gasteiger partial charge in [-0.05, 0) is 13.0 Å². The van der Waals surface area contributed by atoms with E-state index in [1.807, 2.05) is 0 Å². The molecule has 2 rings (SSSR count). The molecule has 1 heterocycles. The summed E-state index contributed by atoms with van der Waals surface area (Å²) in [7, 11) is -3.12. The molecular formula is C13H15Cl2FN2O2S. The Morgan fingerprint density at radius 2 is 2.10 bits per heavy atom. The minimum atomic E-state index is -3.12. The molecule has 1 aromatic heterocycles. The van der Waals surface area contributed by atoms with Crippen LogP contribution in [0.25, 0.3) is 11.0 Å². The number of alkyl halides is 1. The van der Waals surface area contributed by atoms with E-state index in [-0.39, 0.29) is 23.1 Å². The standard InChI is InChI=1S/C13H15Cl2FN2O2S/c1-3-21(19,20)5-4-18-12-6-9(15)10(16)7-11(12)17-13(18)8(2)14/h6-8H,3-5H2,1-2H3. The van der Waals surface area contributed by atoms with Crippen LogP contribution in [0.3, 0.4) is 0 Å². The van der Waals surface area contributed by atoms with Gasteiger partial charge in [-0.1, -0.05) is 18.5 Å². The van der Waals surface area contributed by atoms with E-state index in [1.165, 1.54) is 12.1 Å². The maximum Gasteiger partial charge on any atom is 0.151 e. The van der Waals surface area contributed by atoms with Gasteiger partial charge in [0.05, 0.1) is 27.2 Å². The van der Waals surface area contributed by atoms with Crippen molar-refractivity contribution in [2.45, 2.75) is 25.8 Å². The van der Waals surface area contributed by atoms with Gasteiger partial charge in [-0.15, -0.1) is 11.6 Å². The predicted octanol–water partition coefficient (Wildman–Crippen LogP) is 3.56. The monoisotopic (exact) mass is 352 g/mol. The summed E-state index contributed by atoms with van der Waals surface area (Å²) >= 11 is 11.9. The summed E-state index contributed by atoms with van der Waals surface area (Å²) in [5, 5.41) is -0.459. The van der Waals surface area contributed by atoms with Gasteiger partial charge in [0.2, 0.25) is 0 Å². The second kappa shape index (κ2) is 6.10. The summed E-state index contributed by atoms with van der Waals surface area (Å²) in [4.78, 5) is 4.28. The Balaban J connectivity index is 2.53. The van der Waals surface area contributed by atoms with E-state index in [4.69, 9.17) is 23.2 Å². The molecule has 0 radical (unpaired) electrons. The molecule has 0 bridgehead atoms. The maximum absolute atomic E-state index is 13.5. The molecule has 0 saturated carbocycles. The largest absolute Gasteiger partial charge is 0.326 e. The Bertz CT molecular complexity index is 772. The first kappa shape index (κ1) is 16.5. The van der Waals surface area contributed by atoms with Crippen LogP contribution >= 0.6 is 23.2 Å². The van der Waals surface area contributed by atoms with E-state index in [0.29, 0.717) is 16.9 Å². The summed E-state index contributed by atoms with van der Waals surface area (Å²) in [6.07, 6.45) is 0. The van der Waals surface area contributed by atoms with E-state index in [2.05, 4.69) is 4.98 Å². The smallest absolute Gasteiger partial charge is 0.151 e. The first-order valence-electron chi connectivity index (χ1n) is 6.45. The maximum atomic E-state index is 13.5. The van der Waals surface area contributed by atoms with Crippen LogP contribution in [-0.2, 0) is 16.4 Å². The van der Waals surface area contributed by atoms with Gasteiger partial charge in [0, 0.05) is 18.4 Å². The highest BCUT2D eigenvalue weighted by Crippen LogP contribution is 2.28. The fourth-order valence-corrected chi connectivity index (χ4v) is 3.13. The van der Waals surface area contributed by atoms with Crippen molar-refractivity contribution in [1.82, 2.24) is 9.55 Å². The van der Waals surface area contributed by atoms with E-state index in [0.717, 1.165) is 0 Å². The molecule has 1 aromatic carbocycles. The first-order valence-corrected chi connectivity index (χ1v) is 9.08. The van der Waals surface area contributed by atoms with Crippen LogP contribution in [0.15, 0.2) is 12.1 Å². The van der Waals surface area contributed by atoms with Crippen molar-refractivity contribution in [1.29, 1.82) is 0 Å². The SMILES string of the molecule is CCS(=O)(=O)CCn1c(C(C)Cl)nc2cc(F)c(Cl)cc21. The summed E-state index contributed by atoms with van der Waals surface area (Å²) in [5.74, 6) is -0.0233. The fourth-order valence-electron chi connectivity index (χ4n) is 2.05. The number of imidazole rings is 1. The number of aromatic nitrogens is 2. The van der Waals surface area contributed by atoms with Crippen molar-refractivity contribution >= 4 is 44.1 Å². The van der Waals surface area contributed by atoms with Crippen LogP contribution in [-0.4, -0.2) is 29.5 Å². The van der Waals surface area contributed by atoms with Crippen LogP contribution in [0, 0.1) is 5.82 Å². The third-order valence-electron chi connectivity index (χ3n) is 3.24. The van der Waals surface area contributed by atoms with E-state index < -0.39 is 21.0 Å². The third kappa shape index (κ3) is 3.49. The number of fused-ring (bicyclic) bond motifs is 1. The summed E-state index contributed by atoms with van der Waals surface area (Å²) in [6, 6.07) is 2.67. The minimum Gasteiger partial charge on any atom is -0.326 e. The van der Waals surface area contributed by atoms with E-state index in [1.54, 1.807) is 18.4 Å². The molecule has 0 aliphatic carbocycles. The van der Waals surface area contributed by atoms with Crippen molar-refractivity contribution in [3.63, 3.8) is 0 Å². The highest BCUT2D eigenvalue weighted by atomic mass is 35.5. The Kier molecular flexibility index (Phi) is 4.80. The van der Waals surface area contributed by atoms with E-state index in [9.17, 15) is 12.8 Å². The summed E-state index contributed by atoms with van der Waals surface area (Å²) in [5.41, 5.74) is 0.989. The Labute approximate surface area is 132 Å². The molecule has 8 heteroatoms. The molecule has 0 saturated heterocycles. The number of hydrogen-bond acceptors (Lipinski definition) is 3. The average Bonchev–Trinajstić information content (AvgIpc) is 2.75. The summed E-state index contributed by atoms with van der Waals surface area (Å²) in [6.45, 7) is 3.53. The van der Waals surface area contributed by atoms with Crippen molar-refractivity contribution in [3.05, 3.63) is 28.8 Å². The van der Waals surface area contributed by atoms with Gasteiger partial charge in [0.1, 0.15) is 11.6 Å². The fraction of sp³-hybridized carbons (Fsp3) is 0.462. The Hall–Kier alpha value is -0.850. The highest BCUT2D eigenvalue weighted by molar-refractivity contribution is 7.91. The zero-order valence-corrected chi connectivity index (χ0v) is 13.9. The van der Waals surface area contributed by atoms with Gasteiger partial charge in [0.15, 0.2) is 9.84 Å². The van der Waals surface area contributed by atoms with Crippen molar-refractivity contribution in [2.24, 2.45) is 0 Å². The second-order valence-corrected chi connectivity index (χ2v) is 8.26. The summed E-state index contributed by atoms with van der Waals surface area (Å²) < 4.78 is 38.6.